The molecule has 0 radical (unpaired) electrons. The topological polar surface area (TPSA) is 98.3 Å². The van der Waals surface area contributed by atoms with Crippen molar-refractivity contribution in [2.75, 3.05) is 12.4 Å². The van der Waals surface area contributed by atoms with Gasteiger partial charge in [0, 0.05) is 25.2 Å². The number of halogens is 2. The summed E-state index contributed by atoms with van der Waals surface area (Å²) in [6.45, 7) is 6.23. The van der Waals surface area contributed by atoms with Gasteiger partial charge in [0.05, 0.1) is 28.3 Å². The number of rotatable bonds is 7. The molecule has 1 saturated carbocycles. The van der Waals surface area contributed by atoms with Gasteiger partial charge in [-0.25, -0.2) is 19.9 Å². The summed E-state index contributed by atoms with van der Waals surface area (Å²) < 4.78 is 22.2. The number of aromatic nitrogens is 3. The van der Waals surface area contributed by atoms with Crippen LogP contribution in [0.4, 0.5) is 16.0 Å². The van der Waals surface area contributed by atoms with E-state index in [-0.39, 0.29) is 28.3 Å². The van der Waals surface area contributed by atoms with Gasteiger partial charge < -0.3 is 10.1 Å². The fraction of sp³-hybridized carbons (Fsp3) is 0.444. The van der Waals surface area contributed by atoms with Crippen LogP contribution >= 0.6 is 11.6 Å². The highest BCUT2D eigenvalue weighted by Crippen LogP contribution is 2.42. The lowest BCUT2D eigenvalue weighted by atomic mass is 9.69. The van der Waals surface area contributed by atoms with E-state index in [2.05, 4.69) is 31.2 Å². The van der Waals surface area contributed by atoms with Crippen LogP contribution in [-0.4, -0.2) is 38.8 Å². The van der Waals surface area contributed by atoms with Crippen molar-refractivity contribution in [3.8, 4) is 5.75 Å². The van der Waals surface area contributed by atoms with E-state index in [0.717, 1.165) is 16.5 Å². The van der Waals surface area contributed by atoms with E-state index < -0.39 is 11.2 Å². The molecule has 2 heterocycles. The van der Waals surface area contributed by atoms with Crippen LogP contribution in [0, 0.1) is 11.2 Å². The van der Waals surface area contributed by atoms with Crippen molar-refractivity contribution in [1.82, 2.24) is 19.8 Å². The quantitative estimate of drug-likeness (QED) is 0.240. The Labute approximate surface area is 221 Å². The molecule has 3 aromatic rings. The highest BCUT2D eigenvalue weighted by molar-refractivity contribution is 6.30. The third-order valence-electron chi connectivity index (χ3n) is 6.73. The van der Waals surface area contributed by atoms with Crippen LogP contribution in [-0.2, 0) is 16.8 Å². The Morgan fingerprint density at radius 1 is 1.24 bits per heavy atom. The zero-order chi connectivity index (χ0) is 26.8. The van der Waals surface area contributed by atoms with Crippen LogP contribution in [0.5, 0.6) is 5.75 Å². The molecule has 1 aromatic carbocycles. The molecule has 1 amide bonds. The minimum Gasteiger partial charge on any atom is -0.487 e. The van der Waals surface area contributed by atoms with Crippen LogP contribution in [0.1, 0.15) is 52.1 Å². The molecule has 0 unspecified atom stereocenters. The Morgan fingerprint density at radius 2 is 1.95 bits per heavy atom. The number of nitrogens with zero attached hydrogens (tertiary/aromatic N) is 4. The van der Waals surface area contributed by atoms with E-state index in [0.29, 0.717) is 37.9 Å². The van der Waals surface area contributed by atoms with Crippen molar-refractivity contribution < 1.29 is 13.9 Å². The van der Waals surface area contributed by atoms with Gasteiger partial charge in [-0.2, -0.15) is 5.10 Å². The molecule has 3 N–H and O–H groups in total. The Kier molecular flexibility index (Phi) is 7.75. The smallest absolute Gasteiger partial charge is 0.242 e. The zero-order valence-corrected chi connectivity index (χ0v) is 22.4. The molecule has 1 aliphatic rings. The van der Waals surface area contributed by atoms with E-state index in [4.69, 9.17) is 27.2 Å². The molecule has 37 heavy (non-hydrogen) atoms. The largest absolute Gasteiger partial charge is 0.487 e. The lowest BCUT2D eigenvalue weighted by Gasteiger charge is -2.40. The molecule has 1 fully saturated rings. The number of hydrogen-bond acceptors (Lipinski definition) is 6. The van der Waals surface area contributed by atoms with Gasteiger partial charge in [0.25, 0.3) is 0 Å². The van der Waals surface area contributed by atoms with Gasteiger partial charge in [-0.1, -0.05) is 23.7 Å². The van der Waals surface area contributed by atoms with E-state index in [1.165, 1.54) is 6.07 Å². The normalized spacial score (nSPS) is 19.9. The first-order valence-corrected chi connectivity index (χ1v) is 12.8. The predicted molar refractivity (Wildman–Crippen MR) is 142 cm³/mol. The van der Waals surface area contributed by atoms with Gasteiger partial charge in [-0.15, -0.1) is 0 Å². The summed E-state index contributed by atoms with van der Waals surface area (Å²) in [6, 6.07) is 12.3. The highest BCUT2D eigenvalue weighted by atomic mass is 35.5. The van der Waals surface area contributed by atoms with E-state index >= 15 is 0 Å². The van der Waals surface area contributed by atoms with Crippen molar-refractivity contribution in [3.05, 3.63) is 65.2 Å². The summed E-state index contributed by atoms with van der Waals surface area (Å²) >= 11 is 5.90. The van der Waals surface area contributed by atoms with Crippen molar-refractivity contribution in [1.29, 1.82) is 0 Å². The van der Waals surface area contributed by atoms with Crippen molar-refractivity contribution in [3.63, 3.8) is 0 Å². The molecule has 8 nitrogen and oxygen atoms in total. The summed E-state index contributed by atoms with van der Waals surface area (Å²) in [5.74, 6) is 6.83. The summed E-state index contributed by atoms with van der Waals surface area (Å²) in [6.07, 6.45) is 4.18. The Bertz CT molecular complexity index is 1250. The second kappa shape index (κ2) is 10.7. The highest BCUT2D eigenvalue weighted by Gasteiger charge is 2.44. The molecule has 1 aliphatic carbocycles. The molecule has 198 valence electrons. The van der Waals surface area contributed by atoms with Crippen LogP contribution in [0.25, 0.3) is 0 Å². The maximum atomic E-state index is 14.3. The molecule has 0 atom stereocenters. The number of anilines is 2. The van der Waals surface area contributed by atoms with Crippen LogP contribution in [0.3, 0.4) is 0 Å². The molecule has 0 spiro atoms. The monoisotopic (exact) mass is 528 g/mol. The lowest BCUT2D eigenvalue weighted by Crippen LogP contribution is -2.49. The first-order valence-electron chi connectivity index (χ1n) is 12.4. The number of amides is 1. The molecular formula is C27H34ClFN6O2. The van der Waals surface area contributed by atoms with Crippen molar-refractivity contribution in [2.45, 2.75) is 64.5 Å². The van der Waals surface area contributed by atoms with E-state index in [9.17, 15) is 9.18 Å². The van der Waals surface area contributed by atoms with E-state index in [1.54, 1.807) is 25.4 Å². The number of carbonyl (C=O) groups is 1. The Balaban J connectivity index is 1.51. The minimum absolute atomic E-state index is 0.0210. The van der Waals surface area contributed by atoms with Crippen LogP contribution in [0.15, 0.2) is 48.7 Å². The van der Waals surface area contributed by atoms with Gasteiger partial charge >= 0.3 is 0 Å². The molecule has 0 saturated heterocycles. The SMILES string of the molecule is CN(N)C(=O)C1(Cc2cccc(Nc3ccnn3C(C)(C)C)n2)CCC(Oc2cccc(Cl)c2F)CC1. The maximum Gasteiger partial charge on any atom is 0.242 e. The third-order valence-corrected chi connectivity index (χ3v) is 7.03. The molecule has 10 heteroatoms. The standard InChI is InChI=1S/C27H34ClFN6O2/c1-26(2,3)35-23(13-16-31-35)33-22-10-5-7-18(32-22)17-27(25(36)34(4)30)14-11-19(12-15-27)37-21-9-6-8-20(28)24(21)29/h5-10,13,16,19H,11-12,14-15,17,30H2,1-4H3,(H,32,33). The summed E-state index contributed by atoms with van der Waals surface area (Å²) in [7, 11) is 1.56. The number of carbonyl (C=O) groups excluding carboxylic acids is 1. The van der Waals surface area contributed by atoms with Gasteiger partial charge in [0.2, 0.25) is 5.91 Å². The first kappa shape index (κ1) is 26.9. The average molecular weight is 529 g/mol. The fourth-order valence-electron chi connectivity index (χ4n) is 4.91. The molecule has 0 aliphatic heterocycles. The number of pyridine rings is 1. The lowest BCUT2D eigenvalue weighted by molar-refractivity contribution is -0.144. The molecular weight excluding hydrogens is 495 g/mol. The number of hydrazine groups is 1. The Hall–Kier alpha value is -3.17. The fourth-order valence-corrected chi connectivity index (χ4v) is 5.08. The van der Waals surface area contributed by atoms with E-state index in [1.807, 2.05) is 28.9 Å². The van der Waals surface area contributed by atoms with Gasteiger partial charge in [-0.05, 0) is 70.7 Å². The molecule has 2 aromatic heterocycles. The Morgan fingerprint density at radius 3 is 2.62 bits per heavy atom. The second-order valence-corrected chi connectivity index (χ2v) is 11.1. The van der Waals surface area contributed by atoms with Gasteiger partial charge in [0.1, 0.15) is 11.6 Å². The molecule has 4 rings (SSSR count). The zero-order valence-electron chi connectivity index (χ0n) is 21.7. The van der Waals surface area contributed by atoms with Crippen LogP contribution in [0.2, 0.25) is 5.02 Å². The summed E-state index contributed by atoms with van der Waals surface area (Å²) in [5, 5.41) is 8.94. The predicted octanol–water partition coefficient (Wildman–Crippen LogP) is 5.45. The third kappa shape index (κ3) is 6.05. The van der Waals surface area contributed by atoms with Crippen LogP contribution < -0.4 is 15.9 Å². The van der Waals surface area contributed by atoms with Gasteiger partial charge in [0.15, 0.2) is 11.6 Å². The minimum atomic E-state index is -0.727. The first-order chi connectivity index (χ1) is 17.5. The van der Waals surface area contributed by atoms with Crippen molar-refractivity contribution >= 4 is 29.1 Å². The maximum absolute atomic E-state index is 14.3. The second-order valence-electron chi connectivity index (χ2n) is 10.7. The number of nitrogens with two attached hydrogens (primary N) is 1. The number of benzene rings is 1. The number of nitrogens with one attached hydrogen (secondary N) is 1. The summed E-state index contributed by atoms with van der Waals surface area (Å²) in [4.78, 5) is 18.1. The average Bonchev–Trinajstić information content (AvgIpc) is 3.32. The number of hydrogen-bond donors (Lipinski definition) is 2. The number of ether oxygens (including phenoxy) is 1. The molecule has 0 bridgehead atoms. The summed E-state index contributed by atoms with van der Waals surface area (Å²) in [5.41, 5.74) is -0.141. The van der Waals surface area contributed by atoms with Crippen molar-refractivity contribution in [2.24, 2.45) is 11.3 Å². The van der Waals surface area contributed by atoms with Gasteiger partial charge in [-0.3, -0.25) is 9.80 Å².